The van der Waals surface area contributed by atoms with E-state index < -0.39 is 5.92 Å². The molecule has 16 heavy (non-hydrogen) atoms. The topological polar surface area (TPSA) is 26.0 Å². The maximum absolute atomic E-state index is 13.3. The molecule has 0 aliphatic heterocycles. The highest BCUT2D eigenvalue weighted by molar-refractivity contribution is 5.30. The number of halogens is 2. The van der Waals surface area contributed by atoms with Gasteiger partial charge in [0.15, 0.2) is 0 Å². The molecular weight excluding hydrogens is 208 g/mol. The molecule has 1 aliphatic rings. The van der Waals surface area contributed by atoms with Crippen molar-refractivity contribution in [3.8, 4) is 0 Å². The lowest BCUT2D eigenvalue weighted by molar-refractivity contribution is -0.0408. The fourth-order valence-corrected chi connectivity index (χ4v) is 2.56. The maximum atomic E-state index is 13.3. The van der Waals surface area contributed by atoms with E-state index >= 15 is 0 Å². The van der Waals surface area contributed by atoms with Gasteiger partial charge in [0, 0.05) is 19.4 Å². The molecule has 2 N–H and O–H groups in total. The zero-order valence-electron chi connectivity index (χ0n) is 9.26. The molecule has 1 saturated carbocycles. The van der Waals surface area contributed by atoms with Crippen molar-refractivity contribution in [2.45, 2.75) is 44.1 Å². The van der Waals surface area contributed by atoms with Gasteiger partial charge < -0.3 is 5.73 Å². The molecule has 1 aromatic carbocycles. The average molecular weight is 225 g/mol. The van der Waals surface area contributed by atoms with Gasteiger partial charge in [-0.05, 0) is 29.9 Å². The lowest BCUT2D eigenvalue weighted by Gasteiger charge is -2.30. The minimum Gasteiger partial charge on any atom is -0.326 e. The predicted octanol–water partition coefficient (Wildman–Crippen LogP) is 3.44. The number of alkyl halides is 2. The lowest BCUT2D eigenvalue weighted by Crippen LogP contribution is -2.25. The van der Waals surface area contributed by atoms with Crippen LogP contribution in [0.25, 0.3) is 0 Å². The Balaban J connectivity index is 2.23. The fraction of sp³-hybridized carbons (Fsp3) is 0.538. The maximum Gasteiger partial charge on any atom is 0.248 e. The second kappa shape index (κ2) is 4.50. The van der Waals surface area contributed by atoms with Crippen molar-refractivity contribution >= 4 is 0 Å². The molecule has 1 aliphatic carbocycles. The summed E-state index contributed by atoms with van der Waals surface area (Å²) in [6.45, 7) is 0.429. The molecule has 1 aromatic rings. The van der Waals surface area contributed by atoms with E-state index in [4.69, 9.17) is 5.73 Å². The van der Waals surface area contributed by atoms with Crippen LogP contribution in [-0.2, 0) is 6.54 Å². The number of hydrogen-bond donors (Lipinski definition) is 1. The minimum atomic E-state index is -2.50. The van der Waals surface area contributed by atoms with Gasteiger partial charge in [-0.15, -0.1) is 0 Å². The van der Waals surface area contributed by atoms with Crippen molar-refractivity contribution in [3.05, 3.63) is 35.4 Å². The monoisotopic (exact) mass is 225 g/mol. The summed E-state index contributed by atoms with van der Waals surface area (Å²) in [6, 6.07) is 7.68. The van der Waals surface area contributed by atoms with Crippen molar-refractivity contribution in [1.82, 2.24) is 0 Å². The van der Waals surface area contributed by atoms with E-state index in [-0.39, 0.29) is 18.8 Å². The smallest absolute Gasteiger partial charge is 0.248 e. The third kappa shape index (κ3) is 2.40. The first-order valence-corrected chi connectivity index (χ1v) is 5.78. The van der Waals surface area contributed by atoms with E-state index in [1.54, 1.807) is 0 Å². The van der Waals surface area contributed by atoms with Crippen LogP contribution in [0, 0.1) is 0 Å². The Hall–Kier alpha value is -0.960. The molecule has 0 saturated heterocycles. The third-order valence-corrected chi connectivity index (χ3v) is 3.35. The van der Waals surface area contributed by atoms with E-state index in [0.29, 0.717) is 13.0 Å². The summed E-state index contributed by atoms with van der Waals surface area (Å²) >= 11 is 0. The first kappa shape index (κ1) is 11.5. The Morgan fingerprint density at radius 2 is 2.06 bits per heavy atom. The molecule has 3 heteroatoms. The second-order valence-electron chi connectivity index (χ2n) is 4.55. The van der Waals surface area contributed by atoms with E-state index in [9.17, 15) is 8.78 Å². The quantitative estimate of drug-likeness (QED) is 0.819. The molecule has 0 heterocycles. The zero-order chi connectivity index (χ0) is 11.6. The van der Waals surface area contributed by atoms with Gasteiger partial charge in [-0.1, -0.05) is 24.3 Å². The Kier molecular flexibility index (Phi) is 3.24. The Morgan fingerprint density at radius 1 is 1.31 bits per heavy atom. The van der Waals surface area contributed by atoms with Crippen molar-refractivity contribution < 1.29 is 8.78 Å². The van der Waals surface area contributed by atoms with Crippen LogP contribution in [0.2, 0.25) is 0 Å². The Labute approximate surface area is 94.7 Å². The molecule has 2 rings (SSSR count). The lowest BCUT2D eigenvalue weighted by atomic mass is 9.80. The highest BCUT2D eigenvalue weighted by Gasteiger charge is 2.37. The minimum absolute atomic E-state index is 0.0238. The average Bonchev–Trinajstić information content (AvgIpc) is 2.27. The number of rotatable bonds is 2. The molecule has 1 nitrogen and oxygen atoms in total. The molecule has 0 spiro atoms. The Bertz CT molecular complexity index is 363. The van der Waals surface area contributed by atoms with E-state index in [1.807, 2.05) is 24.3 Å². The van der Waals surface area contributed by atoms with Crippen LogP contribution in [0.4, 0.5) is 8.78 Å². The van der Waals surface area contributed by atoms with Crippen molar-refractivity contribution in [2.75, 3.05) is 0 Å². The largest absolute Gasteiger partial charge is 0.326 e. The zero-order valence-corrected chi connectivity index (χ0v) is 9.26. The predicted molar refractivity (Wildman–Crippen MR) is 60.5 cm³/mol. The first-order chi connectivity index (χ1) is 7.62. The Morgan fingerprint density at radius 3 is 2.75 bits per heavy atom. The van der Waals surface area contributed by atoms with Gasteiger partial charge in [-0.25, -0.2) is 8.78 Å². The second-order valence-corrected chi connectivity index (χ2v) is 4.55. The van der Waals surface area contributed by atoms with Crippen LogP contribution in [0.15, 0.2) is 24.3 Å². The SMILES string of the molecule is NCc1ccccc1C1CCCC(F)(F)C1. The summed E-state index contributed by atoms with van der Waals surface area (Å²) in [6.07, 6.45) is 1.47. The van der Waals surface area contributed by atoms with Gasteiger partial charge in [0.05, 0.1) is 0 Å². The molecule has 1 atom stereocenters. The normalized spacial score (nSPS) is 24.3. The standard InChI is InChI=1S/C13H17F2N/c14-13(15)7-3-5-10(8-13)12-6-2-1-4-11(12)9-16/h1-2,4,6,10H,3,5,7-9,16H2. The van der Waals surface area contributed by atoms with Crippen LogP contribution in [0.1, 0.15) is 42.7 Å². The molecular formula is C13H17F2N. The fourth-order valence-electron chi connectivity index (χ4n) is 2.56. The highest BCUT2D eigenvalue weighted by atomic mass is 19.3. The van der Waals surface area contributed by atoms with Gasteiger partial charge in [-0.2, -0.15) is 0 Å². The van der Waals surface area contributed by atoms with Crippen molar-refractivity contribution in [3.63, 3.8) is 0 Å². The van der Waals surface area contributed by atoms with Gasteiger partial charge in [0.25, 0.3) is 0 Å². The number of hydrogen-bond acceptors (Lipinski definition) is 1. The molecule has 0 bridgehead atoms. The summed E-state index contributed by atoms with van der Waals surface area (Å²) in [5, 5.41) is 0. The summed E-state index contributed by atoms with van der Waals surface area (Å²) in [4.78, 5) is 0. The molecule has 0 amide bonds. The number of benzene rings is 1. The van der Waals surface area contributed by atoms with Gasteiger partial charge in [0.1, 0.15) is 0 Å². The van der Waals surface area contributed by atoms with Crippen LogP contribution in [-0.4, -0.2) is 5.92 Å². The highest BCUT2D eigenvalue weighted by Crippen LogP contribution is 2.42. The molecule has 1 fully saturated rings. The first-order valence-electron chi connectivity index (χ1n) is 5.78. The van der Waals surface area contributed by atoms with Gasteiger partial charge in [0.2, 0.25) is 5.92 Å². The van der Waals surface area contributed by atoms with Gasteiger partial charge >= 0.3 is 0 Å². The molecule has 0 radical (unpaired) electrons. The number of nitrogens with two attached hydrogens (primary N) is 1. The van der Waals surface area contributed by atoms with E-state index in [0.717, 1.165) is 17.5 Å². The summed E-state index contributed by atoms with van der Waals surface area (Å²) in [5.41, 5.74) is 7.66. The van der Waals surface area contributed by atoms with E-state index in [2.05, 4.69) is 0 Å². The summed E-state index contributed by atoms with van der Waals surface area (Å²) in [5.74, 6) is -2.52. The summed E-state index contributed by atoms with van der Waals surface area (Å²) in [7, 11) is 0. The van der Waals surface area contributed by atoms with Crippen LogP contribution < -0.4 is 5.73 Å². The molecule has 0 aromatic heterocycles. The van der Waals surface area contributed by atoms with E-state index in [1.165, 1.54) is 0 Å². The van der Waals surface area contributed by atoms with Crippen LogP contribution >= 0.6 is 0 Å². The van der Waals surface area contributed by atoms with Crippen molar-refractivity contribution in [2.24, 2.45) is 5.73 Å². The summed E-state index contributed by atoms with van der Waals surface area (Å²) < 4.78 is 26.7. The van der Waals surface area contributed by atoms with Gasteiger partial charge in [-0.3, -0.25) is 0 Å². The molecule has 88 valence electrons. The third-order valence-electron chi connectivity index (χ3n) is 3.35. The van der Waals surface area contributed by atoms with Crippen LogP contribution in [0.5, 0.6) is 0 Å². The van der Waals surface area contributed by atoms with Crippen molar-refractivity contribution in [1.29, 1.82) is 0 Å². The molecule has 1 unspecified atom stereocenters. The van der Waals surface area contributed by atoms with Crippen LogP contribution in [0.3, 0.4) is 0 Å².